The number of halogens is 4. The molecule has 0 fully saturated rings. The van der Waals surface area contributed by atoms with E-state index in [2.05, 4.69) is 10.2 Å². The molecule has 9 heteroatoms. The maximum absolute atomic E-state index is 12.6. The highest BCUT2D eigenvalue weighted by Crippen LogP contribution is 2.29. The molecule has 0 N–H and O–H groups in total. The first-order valence-electron chi connectivity index (χ1n) is 5.17. The first kappa shape index (κ1) is 13.1. The van der Waals surface area contributed by atoms with Crippen LogP contribution in [-0.4, -0.2) is 38.1 Å². The molecule has 1 aromatic rings. The van der Waals surface area contributed by atoms with E-state index in [1.54, 1.807) is 4.90 Å². The first-order chi connectivity index (χ1) is 8.41. The molecule has 98 valence electrons. The van der Waals surface area contributed by atoms with Crippen LogP contribution in [0.2, 0.25) is 0 Å². The minimum Gasteiger partial charge on any atom is -0.305 e. The predicted octanol–water partition coefficient (Wildman–Crippen LogP) is 1.24. The Balaban J connectivity index is 2.13. The third-order valence-corrected chi connectivity index (χ3v) is 2.88. The zero-order valence-electron chi connectivity index (χ0n) is 9.15. The Morgan fingerprint density at radius 1 is 1.39 bits per heavy atom. The molecular weight excluding hydrogens is 271 g/mol. The number of nitriles is 1. The minimum atomic E-state index is -4.49. The topological polar surface area (TPSA) is 57.7 Å². The van der Waals surface area contributed by atoms with Gasteiger partial charge in [-0.2, -0.15) is 18.4 Å². The number of alkyl halides is 4. The number of fused-ring (bicyclic) bond motifs is 1. The number of hydrogen-bond donors (Lipinski definition) is 0. The highest BCUT2D eigenvalue weighted by molar-refractivity contribution is 6.22. The molecule has 0 radical (unpaired) electrons. The van der Waals surface area contributed by atoms with E-state index in [1.807, 2.05) is 6.07 Å². The fourth-order valence-corrected chi connectivity index (χ4v) is 2.04. The summed E-state index contributed by atoms with van der Waals surface area (Å²) in [5.41, 5.74) is 0. The molecule has 0 saturated heterocycles. The summed E-state index contributed by atoms with van der Waals surface area (Å²) in [6.45, 7) is 1.05. The van der Waals surface area contributed by atoms with E-state index in [4.69, 9.17) is 16.9 Å². The molecule has 18 heavy (non-hydrogen) atoms. The van der Waals surface area contributed by atoms with Crippen molar-refractivity contribution >= 4 is 11.6 Å². The van der Waals surface area contributed by atoms with Crippen molar-refractivity contribution in [2.75, 3.05) is 13.1 Å². The molecule has 2 heterocycles. The summed E-state index contributed by atoms with van der Waals surface area (Å²) < 4.78 is 38.8. The van der Waals surface area contributed by atoms with Gasteiger partial charge in [-0.05, 0) is 0 Å². The molecule has 1 aromatic heterocycles. The Morgan fingerprint density at radius 3 is 2.72 bits per heavy atom. The number of aromatic nitrogens is 3. The number of nitrogens with zero attached hydrogens (tertiary/aromatic N) is 5. The number of hydrogen-bond acceptors (Lipinski definition) is 4. The second-order valence-electron chi connectivity index (χ2n) is 3.92. The summed E-state index contributed by atoms with van der Waals surface area (Å²) in [5, 5.41) is 14.6. The van der Waals surface area contributed by atoms with E-state index < -0.39 is 17.4 Å². The summed E-state index contributed by atoms with van der Waals surface area (Å²) in [7, 11) is 0. The Kier molecular flexibility index (Phi) is 3.45. The molecular formula is C9H9ClF3N5. The van der Waals surface area contributed by atoms with Gasteiger partial charge in [0.15, 0.2) is 0 Å². The third kappa shape index (κ3) is 2.57. The Bertz CT molecular complexity index is 478. The normalized spacial score (nSPS) is 18.2. The molecule has 1 atom stereocenters. The fourth-order valence-electron chi connectivity index (χ4n) is 1.84. The van der Waals surface area contributed by atoms with Crippen LogP contribution in [0.4, 0.5) is 13.2 Å². The maximum Gasteiger partial charge on any atom is 0.451 e. The first-order valence-corrected chi connectivity index (χ1v) is 5.61. The van der Waals surface area contributed by atoms with E-state index in [9.17, 15) is 13.2 Å². The second-order valence-corrected chi connectivity index (χ2v) is 4.45. The fraction of sp³-hybridized carbons (Fsp3) is 0.667. The monoisotopic (exact) mass is 279 g/mol. The third-order valence-electron chi connectivity index (χ3n) is 2.64. The van der Waals surface area contributed by atoms with Crippen molar-refractivity contribution in [2.24, 2.45) is 0 Å². The van der Waals surface area contributed by atoms with Gasteiger partial charge in [-0.25, -0.2) is 0 Å². The highest BCUT2D eigenvalue weighted by atomic mass is 35.5. The van der Waals surface area contributed by atoms with Crippen LogP contribution in [0.1, 0.15) is 11.6 Å². The lowest BCUT2D eigenvalue weighted by Gasteiger charge is -2.27. The smallest absolute Gasteiger partial charge is 0.305 e. The van der Waals surface area contributed by atoms with Crippen LogP contribution in [0.15, 0.2) is 0 Å². The van der Waals surface area contributed by atoms with Crippen LogP contribution in [0.3, 0.4) is 0 Å². The van der Waals surface area contributed by atoms with Crippen molar-refractivity contribution in [3.63, 3.8) is 0 Å². The average molecular weight is 280 g/mol. The van der Waals surface area contributed by atoms with Gasteiger partial charge in [0.05, 0.1) is 12.6 Å². The lowest BCUT2D eigenvalue weighted by atomic mass is 10.3. The van der Waals surface area contributed by atoms with E-state index in [0.29, 0.717) is 13.1 Å². The van der Waals surface area contributed by atoms with Gasteiger partial charge < -0.3 is 4.57 Å². The summed E-state index contributed by atoms with van der Waals surface area (Å²) >= 11 is 5.68. The van der Waals surface area contributed by atoms with Crippen LogP contribution < -0.4 is 0 Å². The van der Waals surface area contributed by atoms with Crippen molar-refractivity contribution in [1.29, 1.82) is 5.26 Å². The Hall–Kier alpha value is -1.33. The Morgan fingerprint density at radius 2 is 2.11 bits per heavy atom. The molecule has 0 spiro atoms. The SMILES string of the molecule is N#CC(Cl)CN1CCn2c(nnc2C(F)(F)F)C1. The van der Waals surface area contributed by atoms with E-state index in [-0.39, 0.29) is 18.9 Å². The molecule has 0 bridgehead atoms. The van der Waals surface area contributed by atoms with Crippen LogP contribution in [-0.2, 0) is 19.3 Å². The minimum absolute atomic E-state index is 0.145. The lowest BCUT2D eigenvalue weighted by Crippen LogP contribution is -2.38. The van der Waals surface area contributed by atoms with E-state index in [1.165, 1.54) is 0 Å². The summed E-state index contributed by atoms with van der Waals surface area (Å²) in [6, 6.07) is 1.87. The highest BCUT2D eigenvalue weighted by Gasteiger charge is 2.39. The van der Waals surface area contributed by atoms with Crippen LogP contribution in [0.25, 0.3) is 0 Å². The van der Waals surface area contributed by atoms with Crippen molar-refractivity contribution < 1.29 is 13.2 Å². The van der Waals surface area contributed by atoms with Gasteiger partial charge in [0.25, 0.3) is 0 Å². The van der Waals surface area contributed by atoms with Crippen molar-refractivity contribution in [3.05, 3.63) is 11.6 Å². The molecule has 0 aromatic carbocycles. The molecule has 0 saturated carbocycles. The van der Waals surface area contributed by atoms with Crippen molar-refractivity contribution in [1.82, 2.24) is 19.7 Å². The second kappa shape index (κ2) is 4.74. The number of rotatable bonds is 2. The van der Waals surface area contributed by atoms with Gasteiger partial charge >= 0.3 is 6.18 Å². The maximum atomic E-state index is 12.6. The van der Waals surface area contributed by atoms with Gasteiger partial charge in [-0.1, -0.05) is 0 Å². The zero-order valence-corrected chi connectivity index (χ0v) is 9.91. The van der Waals surface area contributed by atoms with Crippen molar-refractivity contribution in [3.8, 4) is 6.07 Å². The van der Waals surface area contributed by atoms with Gasteiger partial charge in [-0.3, -0.25) is 4.90 Å². The van der Waals surface area contributed by atoms with Gasteiger partial charge in [0.1, 0.15) is 11.2 Å². The summed E-state index contributed by atoms with van der Waals surface area (Å²) in [5.74, 6) is -0.727. The van der Waals surface area contributed by atoms with E-state index in [0.717, 1.165) is 4.57 Å². The largest absolute Gasteiger partial charge is 0.451 e. The quantitative estimate of drug-likeness (QED) is 0.765. The summed E-state index contributed by atoms with van der Waals surface area (Å²) in [4.78, 5) is 1.78. The average Bonchev–Trinajstić information content (AvgIpc) is 2.71. The molecule has 0 amide bonds. The van der Waals surface area contributed by atoms with Gasteiger partial charge in [-0.15, -0.1) is 21.8 Å². The molecule has 2 rings (SSSR count). The molecule has 1 aliphatic heterocycles. The molecule has 1 aliphatic rings. The standard InChI is InChI=1S/C9H9ClF3N5/c10-6(3-14)4-17-1-2-18-7(5-17)15-16-8(18)9(11,12)13/h6H,1-2,4-5H2. The van der Waals surface area contributed by atoms with E-state index >= 15 is 0 Å². The van der Waals surface area contributed by atoms with Gasteiger partial charge in [0, 0.05) is 19.6 Å². The van der Waals surface area contributed by atoms with Gasteiger partial charge in [0.2, 0.25) is 5.82 Å². The van der Waals surface area contributed by atoms with Crippen LogP contribution in [0.5, 0.6) is 0 Å². The Labute approximate surface area is 106 Å². The van der Waals surface area contributed by atoms with Crippen LogP contribution >= 0.6 is 11.6 Å². The van der Waals surface area contributed by atoms with Crippen LogP contribution in [0, 0.1) is 11.3 Å². The zero-order chi connectivity index (χ0) is 13.3. The predicted molar refractivity (Wildman–Crippen MR) is 55.6 cm³/mol. The van der Waals surface area contributed by atoms with Crippen molar-refractivity contribution in [2.45, 2.75) is 24.6 Å². The molecule has 5 nitrogen and oxygen atoms in total. The molecule has 1 unspecified atom stereocenters. The summed E-state index contributed by atoms with van der Waals surface area (Å²) in [6.07, 6.45) is -4.49. The lowest BCUT2D eigenvalue weighted by molar-refractivity contribution is -0.148. The molecule has 0 aliphatic carbocycles.